The number of nitrogens with one attached hydrogen (secondary N) is 1. The summed E-state index contributed by atoms with van der Waals surface area (Å²) in [7, 11) is 1.24. The molecule has 0 rings (SSSR count). The highest BCUT2D eigenvalue weighted by Crippen LogP contribution is 2.38. The lowest BCUT2D eigenvalue weighted by atomic mass is 10.0. The van der Waals surface area contributed by atoms with Crippen molar-refractivity contribution in [2.45, 2.75) is 225 Å². The molecule has 0 aliphatic heterocycles. The number of amides is 1. The van der Waals surface area contributed by atoms with Crippen LogP contribution in [0.5, 0.6) is 0 Å². The van der Waals surface area contributed by atoms with Crippen LogP contribution in [-0.4, -0.2) is 68.5 Å². The first-order valence-corrected chi connectivity index (χ1v) is 25.3. The Morgan fingerprint density at radius 1 is 0.596 bits per heavy atom. The number of carbonyl (C=O) groups is 1. The summed E-state index contributed by atoms with van der Waals surface area (Å²) in [6, 6.07) is -0.905. The standard InChI is InChI=1S/C48H93N2O6P/c1-6-8-10-12-14-16-17-18-19-20-21-22-23-24-25-26-27-28-29-30-31-32-34-35-37-39-41-47(51)46(45-56-57(53,54)55-44-43-50(3,4)5)49-48(52)42-40-38-36-33-15-13-11-9-7-2/h28-29,32,34,39,41,46-47,51H,6-27,30-31,33,35-38,40,42-45H2,1-5H3,(H-,49,52,53,54)/b29-28+,34-32+,41-39+. The fourth-order valence-corrected chi connectivity index (χ4v) is 7.50. The molecule has 0 fully saturated rings. The van der Waals surface area contributed by atoms with Gasteiger partial charge in [0.1, 0.15) is 13.2 Å². The van der Waals surface area contributed by atoms with Crippen molar-refractivity contribution in [2.75, 3.05) is 40.9 Å². The Balaban J connectivity index is 4.27. The molecule has 0 aromatic heterocycles. The van der Waals surface area contributed by atoms with Crippen molar-refractivity contribution < 1.29 is 32.9 Å². The first-order valence-electron chi connectivity index (χ1n) is 23.9. The molecule has 0 aliphatic carbocycles. The lowest BCUT2D eigenvalue weighted by Gasteiger charge is -2.29. The quantitative estimate of drug-likeness (QED) is 0.0274. The molecule has 3 atom stereocenters. The van der Waals surface area contributed by atoms with Crippen molar-refractivity contribution in [3.05, 3.63) is 36.5 Å². The summed E-state index contributed by atoms with van der Waals surface area (Å²) in [5.74, 6) is -0.215. The number of unbranched alkanes of at least 4 members (excludes halogenated alkanes) is 26. The maximum absolute atomic E-state index is 12.8. The number of quaternary nitrogens is 1. The smallest absolute Gasteiger partial charge is 0.268 e. The molecule has 0 spiro atoms. The third kappa shape index (κ3) is 42.6. The van der Waals surface area contributed by atoms with Crippen molar-refractivity contribution in [1.82, 2.24) is 5.32 Å². The first-order chi connectivity index (χ1) is 27.5. The average molecular weight is 825 g/mol. The number of carbonyl (C=O) groups excluding carboxylic acids is 1. The molecule has 0 aromatic carbocycles. The third-order valence-electron chi connectivity index (χ3n) is 10.6. The van der Waals surface area contributed by atoms with Crippen LogP contribution < -0.4 is 10.2 Å². The molecule has 1 amide bonds. The van der Waals surface area contributed by atoms with Gasteiger partial charge in [-0.05, 0) is 44.9 Å². The monoisotopic (exact) mass is 825 g/mol. The molecule has 0 bridgehead atoms. The van der Waals surface area contributed by atoms with Gasteiger partial charge in [0.25, 0.3) is 7.82 Å². The molecular weight excluding hydrogens is 732 g/mol. The number of phosphoric ester groups is 1. The Morgan fingerprint density at radius 3 is 1.42 bits per heavy atom. The highest BCUT2D eigenvalue weighted by molar-refractivity contribution is 7.45. The van der Waals surface area contributed by atoms with Gasteiger partial charge in [0, 0.05) is 6.42 Å². The minimum atomic E-state index is -4.59. The largest absolute Gasteiger partial charge is 0.756 e. The number of aliphatic hydroxyl groups is 1. The third-order valence-corrected chi connectivity index (χ3v) is 11.5. The number of rotatable bonds is 43. The van der Waals surface area contributed by atoms with E-state index in [9.17, 15) is 19.4 Å². The van der Waals surface area contributed by atoms with Crippen LogP contribution >= 0.6 is 7.82 Å². The van der Waals surface area contributed by atoms with Crippen molar-refractivity contribution in [3.8, 4) is 0 Å². The number of nitrogens with zero attached hydrogens (tertiary/aromatic N) is 1. The Hall–Kier alpha value is -1.28. The molecule has 0 saturated carbocycles. The van der Waals surface area contributed by atoms with Gasteiger partial charge >= 0.3 is 0 Å². The fraction of sp³-hybridized carbons (Fsp3) is 0.854. The van der Waals surface area contributed by atoms with Gasteiger partial charge in [-0.25, -0.2) is 0 Å². The van der Waals surface area contributed by atoms with Crippen LogP contribution in [0.4, 0.5) is 0 Å². The van der Waals surface area contributed by atoms with Crippen molar-refractivity contribution in [3.63, 3.8) is 0 Å². The molecule has 0 saturated heterocycles. The van der Waals surface area contributed by atoms with Gasteiger partial charge in [0.2, 0.25) is 5.91 Å². The second kappa shape index (κ2) is 40.1. The maximum Gasteiger partial charge on any atom is 0.268 e. The minimum Gasteiger partial charge on any atom is -0.756 e. The maximum atomic E-state index is 12.8. The topological polar surface area (TPSA) is 108 Å². The SMILES string of the molecule is CCCCCCCCCCCCCCCCCC/C=C/CC/C=C/CC/C=C/C(O)C(COP(=O)([O-])OCC[N+](C)(C)C)NC(=O)CCCCCCCCCCC. The molecule has 8 nitrogen and oxygen atoms in total. The van der Waals surface area contributed by atoms with E-state index in [0.29, 0.717) is 17.4 Å². The van der Waals surface area contributed by atoms with Crippen LogP contribution in [0.25, 0.3) is 0 Å². The van der Waals surface area contributed by atoms with E-state index < -0.39 is 26.6 Å². The number of allylic oxidation sites excluding steroid dienone is 5. The predicted molar refractivity (Wildman–Crippen MR) is 242 cm³/mol. The average Bonchev–Trinajstić information content (AvgIpc) is 3.16. The van der Waals surface area contributed by atoms with Crippen LogP contribution in [0.3, 0.4) is 0 Å². The van der Waals surface area contributed by atoms with Gasteiger partial charge < -0.3 is 28.8 Å². The van der Waals surface area contributed by atoms with E-state index >= 15 is 0 Å². The van der Waals surface area contributed by atoms with Crippen LogP contribution in [0.1, 0.15) is 213 Å². The molecule has 0 heterocycles. The van der Waals surface area contributed by atoms with Gasteiger partial charge in [-0.15, -0.1) is 0 Å². The number of hydrogen-bond donors (Lipinski definition) is 2. The van der Waals surface area contributed by atoms with E-state index in [1.807, 2.05) is 27.2 Å². The van der Waals surface area contributed by atoms with E-state index in [0.717, 1.165) is 44.9 Å². The molecule has 336 valence electrons. The zero-order chi connectivity index (χ0) is 42.1. The lowest BCUT2D eigenvalue weighted by molar-refractivity contribution is -0.870. The van der Waals surface area contributed by atoms with E-state index in [1.54, 1.807) is 6.08 Å². The molecule has 2 N–H and O–H groups in total. The fourth-order valence-electron chi connectivity index (χ4n) is 6.77. The van der Waals surface area contributed by atoms with Gasteiger partial charge in [-0.2, -0.15) is 0 Å². The molecule has 57 heavy (non-hydrogen) atoms. The van der Waals surface area contributed by atoms with E-state index in [4.69, 9.17) is 9.05 Å². The highest BCUT2D eigenvalue weighted by Gasteiger charge is 2.23. The minimum absolute atomic E-state index is 0.00818. The summed E-state index contributed by atoms with van der Waals surface area (Å²) in [6.07, 6.45) is 49.4. The highest BCUT2D eigenvalue weighted by atomic mass is 31.2. The zero-order valence-corrected chi connectivity index (χ0v) is 38.9. The number of likely N-dealkylation sites (N-methyl/N-ethyl adjacent to an activating group) is 1. The molecular formula is C48H93N2O6P. The Bertz CT molecular complexity index is 1030. The Morgan fingerprint density at radius 2 is 0.982 bits per heavy atom. The van der Waals surface area contributed by atoms with Crippen molar-refractivity contribution >= 4 is 13.7 Å². The van der Waals surface area contributed by atoms with Crippen molar-refractivity contribution in [2.24, 2.45) is 0 Å². The second-order valence-electron chi connectivity index (χ2n) is 17.5. The first kappa shape index (κ1) is 55.7. The number of hydrogen-bond acceptors (Lipinski definition) is 6. The normalized spacial score (nSPS) is 14.6. The second-order valence-corrected chi connectivity index (χ2v) is 18.9. The summed E-state index contributed by atoms with van der Waals surface area (Å²) in [6.45, 7) is 4.59. The van der Waals surface area contributed by atoms with Crippen LogP contribution in [0.2, 0.25) is 0 Å². The van der Waals surface area contributed by atoms with Crippen LogP contribution in [0, 0.1) is 0 Å². The summed E-state index contributed by atoms with van der Waals surface area (Å²) >= 11 is 0. The lowest BCUT2D eigenvalue weighted by Crippen LogP contribution is -2.45. The zero-order valence-electron chi connectivity index (χ0n) is 38.0. The summed E-state index contributed by atoms with van der Waals surface area (Å²) in [4.78, 5) is 25.2. The van der Waals surface area contributed by atoms with Gasteiger partial charge in [0.05, 0.1) is 39.9 Å². The van der Waals surface area contributed by atoms with E-state index in [2.05, 4.69) is 43.5 Å². The van der Waals surface area contributed by atoms with Crippen molar-refractivity contribution in [1.29, 1.82) is 0 Å². The molecule has 9 heteroatoms. The summed E-state index contributed by atoms with van der Waals surface area (Å²) in [5.41, 5.74) is 0. The summed E-state index contributed by atoms with van der Waals surface area (Å²) in [5, 5.41) is 13.7. The van der Waals surface area contributed by atoms with E-state index in [1.165, 1.54) is 148 Å². The Kier molecular flexibility index (Phi) is 39.2. The molecule has 3 unspecified atom stereocenters. The number of phosphoric acid groups is 1. The predicted octanol–water partition coefficient (Wildman–Crippen LogP) is 12.8. The van der Waals surface area contributed by atoms with Gasteiger partial charge in [-0.3, -0.25) is 9.36 Å². The summed E-state index contributed by atoms with van der Waals surface area (Å²) < 4.78 is 23.1. The van der Waals surface area contributed by atoms with Gasteiger partial charge in [-0.1, -0.05) is 198 Å². The molecule has 0 radical (unpaired) electrons. The van der Waals surface area contributed by atoms with Crippen LogP contribution in [-0.2, 0) is 18.4 Å². The molecule has 0 aromatic rings. The Labute approximate surface area is 353 Å². The number of aliphatic hydroxyl groups excluding tert-OH is 1. The van der Waals surface area contributed by atoms with E-state index in [-0.39, 0.29) is 12.5 Å². The van der Waals surface area contributed by atoms with Crippen LogP contribution in [0.15, 0.2) is 36.5 Å². The van der Waals surface area contributed by atoms with Gasteiger partial charge in [0.15, 0.2) is 0 Å². The molecule has 0 aliphatic rings.